The lowest BCUT2D eigenvalue weighted by Gasteiger charge is -2.25. The van der Waals surface area contributed by atoms with E-state index in [1.165, 1.54) is 18.4 Å². The first-order valence-corrected chi connectivity index (χ1v) is 8.74. The first kappa shape index (κ1) is 14.5. The van der Waals surface area contributed by atoms with E-state index in [1.54, 1.807) is 0 Å². The lowest BCUT2D eigenvalue weighted by atomic mass is 10.1. The summed E-state index contributed by atoms with van der Waals surface area (Å²) in [6, 6.07) is 8.46. The first-order chi connectivity index (χ1) is 10.7. The molecule has 1 amide bonds. The molecule has 3 atom stereocenters. The first-order valence-electron chi connectivity index (χ1n) is 8.36. The average Bonchev–Trinajstić information content (AvgIpc) is 3.43. The molecular formula is C18H22ClNO2. The number of benzene rings is 1. The van der Waals surface area contributed by atoms with Gasteiger partial charge in [-0.25, -0.2) is 0 Å². The molecule has 1 aromatic rings. The minimum absolute atomic E-state index is 0.168. The molecule has 0 aromatic heterocycles. The van der Waals surface area contributed by atoms with Gasteiger partial charge in [0, 0.05) is 36.1 Å². The van der Waals surface area contributed by atoms with Crippen LogP contribution < -0.4 is 0 Å². The number of carbonyl (C=O) groups excluding carboxylic acids is 1. The van der Waals surface area contributed by atoms with Gasteiger partial charge in [-0.1, -0.05) is 23.7 Å². The molecule has 0 bridgehead atoms. The quantitative estimate of drug-likeness (QED) is 0.831. The molecule has 4 heteroatoms. The molecule has 2 aliphatic carbocycles. The number of hydrogen-bond donors (Lipinski definition) is 0. The van der Waals surface area contributed by atoms with Crippen molar-refractivity contribution in [3.63, 3.8) is 0 Å². The van der Waals surface area contributed by atoms with Gasteiger partial charge in [-0.15, -0.1) is 0 Å². The van der Waals surface area contributed by atoms with Crippen molar-refractivity contribution in [3.05, 3.63) is 34.9 Å². The predicted molar refractivity (Wildman–Crippen MR) is 86.0 cm³/mol. The molecule has 2 saturated carbocycles. The second-order valence-corrected chi connectivity index (χ2v) is 7.39. The summed E-state index contributed by atoms with van der Waals surface area (Å²) in [5, 5.41) is 0.762. The monoisotopic (exact) mass is 319 g/mol. The van der Waals surface area contributed by atoms with Gasteiger partial charge in [0.25, 0.3) is 0 Å². The molecule has 0 radical (unpaired) electrons. The summed E-state index contributed by atoms with van der Waals surface area (Å²) in [5.41, 5.74) is 1.21. The Morgan fingerprint density at radius 2 is 2.18 bits per heavy atom. The zero-order valence-electron chi connectivity index (χ0n) is 12.7. The Balaban J connectivity index is 1.42. The molecular weight excluding hydrogens is 298 g/mol. The third-order valence-corrected chi connectivity index (χ3v) is 5.37. The van der Waals surface area contributed by atoms with Gasteiger partial charge in [0.2, 0.25) is 5.91 Å². The van der Waals surface area contributed by atoms with Crippen LogP contribution >= 0.6 is 11.6 Å². The Labute approximate surface area is 136 Å². The van der Waals surface area contributed by atoms with E-state index in [0.29, 0.717) is 23.8 Å². The van der Waals surface area contributed by atoms with Gasteiger partial charge >= 0.3 is 0 Å². The number of rotatable bonds is 5. The predicted octanol–water partition coefficient (Wildman–Crippen LogP) is 3.47. The Morgan fingerprint density at radius 3 is 2.86 bits per heavy atom. The molecule has 1 aromatic carbocycles. The van der Waals surface area contributed by atoms with E-state index in [2.05, 4.69) is 11.0 Å². The van der Waals surface area contributed by atoms with Crippen LogP contribution in [0.5, 0.6) is 0 Å². The zero-order valence-corrected chi connectivity index (χ0v) is 13.5. The number of ether oxygens (including phenoxy) is 1. The number of carbonyl (C=O) groups is 1. The van der Waals surface area contributed by atoms with E-state index in [9.17, 15) is 4.79 Å². The summed E-state index contributed by atoms with van der Waals surface area (Å²) < 4.78 is 5.46. The highest BCUT2D eigenvalue weighted by Gasteiger charge is 2.48. The largest absolute Gasteiger partial charge is 0.381 e. The van der Waals surface area contributed by atoms with E-state index in [4.69, 9.17) is 16.3 Å². The minimum Gasteiger partial charge on any atom is -0.381 e. The summed E-state index contributed by atoms with van der Waals surface area (Å²) >= 11 is 6.07. The lowest BCUT2D eigenvalue weighted by molar-refractivity contribution is -0.134. The van der Waals surface area contributed by atoms with Crippen LogP contribution in [0.25, 0.3) is 0 Å². The van der Waals surface area contributed by atoms with Crippen molar-refractivity contribution in [1.82, 2.24) is 4.90 Å². The van der Waals surface area contributed by atoms with Gasteiger partial charge in [-0.05, 0) is 49.3 Å². The topological polar surface area (TPSA) is 29.5 Å². The lowest BCUT2D eigenvalue weighted by Crippen LogP contribution is -2.38. The summed E-state index contributed by atoms with van der Waals surface area (Å²) in [7, 11) is 0. The van der Waals surface area contributed by atoms with Crippen molar-refractivity contribution in [1.29, 1.82) is 0 Å². The third kappa shape index (κ3) is 3.02. The van der Waals surface area contributed by atoms with E-state index in [1.807, 2.05) is 18.2 Å². The summed E-state index contributed by atoms with van der Waals surface area (Å²) in [5.74, 6) is 1.43. The Hall–Kier alpha value is -1.06. The summed E-state index contributed by atoms with van der Waals surface area (Å²) in [4.78, 5) is 15.1. The van der Waals surface area contributed by atoms with Gasteiger partial charge in [-0.2, -0.15) is 0 Å². The summed E-state index contributed by atoms with van der Waals surface area (Å²) in [6.45, 7) is 2.56. The average molecular weight is 320 g/mol. The van der Waals surface area contributed by atoms with Gasteiger partial charge in [0.15, 0.2) is 0 Å². The number of hydrogen-bond acceptors (Lipinski definition) is 2. The molecule has 0 unspecified atom stereocenters. The van der Waals surface area contributed by atoms with Crippen LogP contribution in [0.1, 0.15) is 37.2 Å². The van der Waals surface area contributed by atoms with Crippen molar-refractivity contribution in [3.8, 4) is 0 Å². The van der Waals surface area contributed by atoms with E-state index >= 15 is 0 Å². The molecule has 3 fully saturated rings. The Bertz CT molecular complexity index is 566. The third-order valence-electron chi connectivity index (χ3n) is 5.13. The highest BCUT2D eigenvalue weighted by atomic mass is 35.5. The minimum atomic E-state index is 0.168. The molecule has 1 heterocycles. The molecule has 1 aliphatic heterocycles. The van der Waals surface area contributed by atoms with Crippen molar-refractivity contribution >= 4 is 17.5 Å². The van der Waals surface area contributed by atoms with E-state index < -0.39 is 0 Å². The van der Waals surface area contributed by atoms with Crippen LogP contribution in [-0.4, -0.2) is 36.6 Å². The van der Waals surface area contributed by atoms with Crippen LogP contribution in [0.3, 0.4) is 0 Å². The maximum Gasteiger partial charge on any atom is 0.226 e. The standard InChI is InChI=1S/C18H22ClNO2/c19-14-3-1-2-13(8-14)16-9-17(16)18(21)20(15-4-5-15)10-12-6-7-22-11-12/h1-3,8,12,15-17H,4-7,9-11H2/t12-,16-,17-/m1/s1. The van der Waals surface area contributed by atoms with Gasteiger partial charge in [0.05, 0.1) is 6.61 Å². The molecule has 3 nitrogen and oxygen atoms in total. The molecule has 0 spiro atoms. The normalized spacial score (nSPS) is 30.3. The van der Waals surface area contributed by atoms with Gasteiger partial charge in [-0.3, -0.25) is 4.79 Å². The van der Waals surface area contributed by atoms with Crippen molar-refractivity contribution in [2.45, 2.75) is 37.6 Å². The fourth-order valence-corrected chi connectivity index (χ4v) is 3.80. The fraction of sp³-hybridized carbons (Fsp3) is 0.611. The van der Waals surface area contributed by atoms with Crippen molar-refractivity contribution in [2.24, 2.45) is 11.8 Å². The van der Waals surface area contributed by atoms with Crippen LogP contribution in [0, 0.1) is 11.8 Å². The number of nitrogens with zero attached hydrogens (tertiary/aromatic N) is 1. The fourth-order valence-electron chi connectivity index (χ4n) is 3.60. The number of halogens is 1. The molecule has 3 aliphatic rings. The molecule has 1 saturated heterocycles. The van der Waals surface area contributed by atoms with Crippen molar-refractivity contribution < 1.29 is 9.53 Å². The van der Waals surface area contributed by atoms with E-state index in [-0.39, 0.29) is 5.92 Å². The summed E-state index contributed by atoms with van der Waals surface area (Å²) in [6.07, 6.45) is 4.42. The molecule has 118 valence electrons. The smallest absolute Gasteiger partial charge is 0.226 e. The number of amides is 1. The van der Waals surface area contributed by atoms with Crippen LogP contribution in [0.15, 0.2) is 24.3 Å². The molecule has 4 rings (SSSR count). The maximum atomic E-state index is 12.9. The maximum absolute atomic E-state index is 12.9. The highest BCUT2D eigenvalue weighted by molar-refractivity contribution is 6.30. The second kappa shape index (κ2) is 5.86. The zero-order chi connectivity index (χ0) is 15.1. The van der Waals surface area contributed by atoms with Gasteiger partial charge in [0.1, 0.15) is 0 Å². The molecule has 22 heavy (non-hydrogen) atoms. The highest BCUT2D eigenvalue weighted by Crippen LogP contribution is 2.50. The van der Waals surface area contributed by atoms with Crippen molar-refractivity contribution in [2.75, 3.05) is 19.8 Å². The van der Waals surface area contributed by atoms with Gasteiger partial charge < -0.3 is 9.64 Å². The second-order valence-electron chi connectivity index (χ2n) is 6.96. The Kier molecular flexibility index (Phi) is 3.87. The molecule has 0 N–H and O–H groups in total. The van der Waals surface area contributed by atoms with Crippen LogP contribution in [0.2, 0.25) is 5.02 Å². The van der Waals surface area contributed by atoms with Crippen LogP contribution in [-0.2, 0) is 9.53 Å². The van der Waals surface area contributed by atoms with E-state index in [0.717, 1.165) is 37.6 Å². The van der Waals surface area contributed by atoms with Crippen LogP contribution in [0.4, 0.5) is 0 Å². The SMILES string of the molecule is O=C([C@@H]1C[C@@H]1c1cccc(Cl)c1)N(C[C@H]1CCOC1)C1CC1. The Morgan fingerprint density at radius 1 is 1.32 bits per heavy atom.